The molecule has 1 aromatic carbocycles. The third-order valence-corrected chi connectivity index (χ3v) is 2.09. The third kappa shape index (κ3) is 4.08. The van der Waals surface area contributed by atoms with Crippen LogP contribution < -0.4 is 4.74 Å². The highest BCUT2D eigenvalue weighted by molar-refractivity contribution is 6.34. The molecule has 0 saturated carbocycles. The normalized spacial score (nSPS) is 10.1. The maximum absolute atomic E-state index is 5.77. The Morgan fingerprint density at radius 1 is 1.08 bits per heavy atom. The zero-order valence-corrected chi connectivity index (χ0v) is 9.16. The van der Waals surface area contributed by atoms with E-state index in [9.17, 15) is 0 Å². The van der Waals surface area contributed by atoms with Gasteiger partial charge < -0.3 is 4.74 Å². The van der Waals surface area contributed by atoms with Crippen molar-refractivity contribution in [2.45, 2.75) is 6.42 Å². The summed E-state index contributed by atoms with van der Waals surface area (Å²) >= 11 is 17.0. The van der Waals surface area contributed by atoms with Crippen LogP contribution in [0.3, 0.4) is 0 Å². The largest absolute Gasteiger partial charge is 0.493 e. The highest BCUT2D eigenvalue weighted by Gasteiger charge is 1.98. The van der Waals surface area contributed by atoms with Gasteiger partial charge in [-0.2, -0.15) is 0 Å². The highest BCUT2D eigenvalue weighted by Crippen LogP contribution is 2.24. The van der Waals surface area contributed by atoms with Crippen LogP contribution in [0, 0.1) is 0 Å². The zero-order chi connectivity index (χ0) is 9.68. The molecule has 1 nitrogen and oxygen atoms in total. The highest BCUT2D eigenvalue weighted by atomic mass is 35.5. The van der Waals surface area contributed by atoms with Crippen molar-refractivity contribution in [2.75, 3.05) is 12.5 Å². The van der Waals surface area contributed by atoms with Crippen LogP contribution in [0.1, 0.15) is 6.42 Å². The van der Waals surface area contributed by atoms with Crippen LogP contribution in [0.2, 0.25) is 10.0 Å². The summed E-state index contributed by atoms with van der Waals surface area (Å²) in [5, 5.41) is 1.15. The van der Waals surface area contributed by atoms with Gasteiger partial charge in [-0.15, -0.1) is 11.6 Å². The predicted molar refractivity (Wildman–Crippen MR) is 57.3 cm³/mol. The monoisotopic (exact) mass is 238 g/mol. The second kappa shape index (κ2) is 5.58. The first kappa shape index (κ1) is 11.0. The summed E-state index contributed by atoms with van der Waals surface area (Å²) < 4.78 is 5.35. The standard InChI is InChI=1S/C9H9Cl3O/c10-2-1-3-13-9-5-7(11)4-8(12)6-9/h4-6H,1-3H2. The average molecular weight is 240 g/mol. The number of halogens is 3. The van der Waals surface area contributed by atoms with E-state index in [-0.39, 0.29) is 0 Å². The number of hydrogen-bond donors (Lipinski definition) is 0. The first-order chi connectivity index (χ1) is 6.22. The molecule has 0 aliphatic rings. The fourth-order valence-corrected chi connectivity index (χ4v) is 1.47. The summed E-state index contributed by atoms with van der Waals surface area (Å²) in [5.74, 6) is 1.27. The van der Waals surface area contributed by atoms with Gasteiger partial charge in [0, 0.05) is 15.9 Å². The predicted octanol–water partition coefficient (Wildman–Crippen LogP) is 4.00. The SMILES string of the molecule is ClCCCOc1cc(Cl)cc(Cl)c1. The topological polar surface area (TPSA) is 9.23 Å². The molecule has 0 saturated heterocycles. The van der Waals surface area contributed by atoms with Crippen molar-refractivity contribution in [3.63, 3.8) is 0 Å². The van der Waals surface area contributed by atoms with Gasteiger partial charge in [0.1, 0.15) is 5.75 Å². The van der Waals surface area contributed by atoms with Crippen LogP contribution in [0.15, 0.2) is 18.2 Å². The van der Waals surface area contributed by atoms with Crippen LogP contribution in [-0.2, 0) is 0 Å². The molecule has 1 aromatic rings. The summed E-state index contributed by atoms with van der Waals surface area (Å²) in [4.78, 5) is 0. The number of rotatable bonds is 4. The first-order valence-corrected chi connectivity index (χ1v) is 5.16. The summed E-state index contributed by atoms with van der Waals surface area (Å²) in [5.41, 5.74) is 0. The van der Waals surface area contributed by atoms with Crippen LogP contribution >= 0.6 is 34.8 Å². The van der Waals surface area contributed by atoms with E-state index in [1.165, 1.54) is 0 Å². The lowest BCUT2D eigenvalue weighted by atomic mass is 10.3. The Bertz CT molecular complexity index is 255. The minimum absolute atomic E-state index is 0.577. The Hall–Kier alpha value is -0.110. The second-order valence-electron chi connectivity index (χ2n) is 2.50. The van der Waals surface area contributed by atoms with E-state index in [4.69, 9.17) is 39.5 Å². The lowest BCUT2D eigenvalue weighted by Gasteiger charge is -2.05. The van der Waals surface area contributed by atoms with Crippen molar-refractivity contribution >= 4 is 34.8 Å². The lowest BCUT2D eigenvalue weighted by Crippen LogP contribution is -1.97. The van der Waals surface area contributed by atoms with E-state index in [1.54, 1.807) is 18.2 Å². The van der Waals surface area contributed by atoms with Gasteiger partial charge in [-0.3, -0.25) is 0 Å². The molecule has 0 amide bonds. The number of ether oxygens (including phenoxy) is 1. The average Bonchev–Trinajstić information content (AvgIpc) is 2.03. The Kier molecular flexibility index (Phi) is 4.71. The Labute approximate surface area is 92.5 Å². The maximum atomic E-state index is 5.77. The molecular formula is C9H9Cl3O. The van der Waals surface area contributed by atoms with Crippen molar-refractivity contribution < 1.29 is 4.74 Å². The van der Waals surface area contributed by atoms with E-state index in [0.717, 1.165) is 6.42 Å². The number of alkyl halides is 1. The molecule has 0 aliphatic carbocycles. The fourth-order valence-electron chi connectivity index (χ4n) is 0.856. The van der Waals surface area contributed by atoms with E-state index in [1.807, 2.05) is 0 Å². The summed E-state index contributed by atoms with van der Waals surface area (Å²) in [7, 11) is 0. The van der Waals surface area contributed by atoms with Gasteiger partial charge in [-0.25, -0.2) is 0 Å². The van der Waals surface area contributed by atoms with Gasteiger partial charge in [-0.05, 0) is 24.6 Å². The van der Waals surface area contributed by atoms with Crippen LogP contribution in [-0.4, -0.2) is 12.5 Å². The molecule has 0 aromatic heterocycles. The number of hydrogen-bond acceptors (Lipinski definition) is 1. The van der Waals surface area contributed by atoms with Crippen LogP contribution in [0.5, 0.6) is 5.75 Å². The Balaban J connectivity index is 2.56. The Morgan fingerprint density at radius 2 is 1.69 bits per heavy atom. The molecule has 0 fully saturated rings. The van der Waals surface area contributed by atoms with Gasteiger partial charge in [0.25, 0.3) is 0 Å². The molecule has 72 valence electrons. The molecule has 13 heavy (non-hydrogen) atoms. The molecule has 1 rings (SSSR count). The molecule has 4 heteroatoms. The zero-order valence-electron chi connectivity index (χ0n) is 6.90. The lowest BCUT2D eigenvalue weighted by molar-refractivity contribution is 0.318. The van der Waals surface area contributed by atoms with Crippen molar-refractivity contribution in [2.24, 2.45) is 0 Å². The van der Waals surface area contributed by atoms with Gasteiger partial charge in [-0.1, -0.05) is 23.2 Å². The summed E-state index contributed by atoms with van der Waals surface area (Å²) in [6.07, 6.45) is 0.811. The summed E-state index contributed by atoms with van der Waals surface area (Å²) in [6.45, 7) is 0.584. The van der Waals surface area contributed by atoms with Gasteiger partial charge >= 0.3 is 0 Å². The maximum Gasteiger partial charge on any atom is 0.122 e. The molecule has 0 spiro atoms. The van der Waals surface area contributed by atoms with E-state index < -0.39 is 0 Å². The molecule has 0 heterocycles. The van der Waals surface area contributed by atoms with Crippen molar-refractivity contribution in [1.29, 1.82) is 0 Å². The fraction of sp³-hybridized carbons (Fsp3) is 0.333. The molecular weight excluding hydrogens is 230 g/mol. The molecule has 0 unspecified atom stereocenters. The van der Waals surface area contributed by atoms with Crippen molar-refractivity contribution in [3.8, 4) is 5.75 Å². The smallest absolute Gasteiger partial charge is 0.122 e. The van der Waals surface area contributed by atoms with E-state index in [0.29, 0.717) is 28.3 Å². The van der Waals surface area contributed by atoms with Gasteiger partial charge in [0.2, 0.25) is 0 Å². The van der Waals surface area contributed by atoms with E-state index in [2.05, 4.69) is 0 Å². The van der Waals surface area contributed by atoms with Crippen molar-refractivity contribution in [1.82, 2.24) is 0 Å². The number of benzene rings is 1. The quantitative estimate of drug-likeness (QED) is 0.570. The molecule has 0 N–H and O–H groups in total. The molecule has 0 radical (unpaired) electrons. The van der Waals surface area contributed by atoms with Gasteiger partial charge in [0.05, 0.1) is 6.61 Å². The molecule has 0 aliphatic heterocycles. The van der Waals surface area contributed by atoms with Crippen molar-refractivity contribution in [3.05, 3.63) is 28.2 Å². The first-order valence-electron chi connectivity index (χ1n) is 3.87. The van der Waals surface area contributed by atoms with E-state index >= 15 is 0 Å². The van der Waals surface area contributed by atoms with Crippen LogP contribution in [0.25, 0.3) is 0 Å². The summed E-state index contributed by atoms with van der Waals surface area (Å²) in [6, 6.07) is 5.11. The minimum Gasteiger partial charge on any atom is -0.493 e. The second-order valence-corrected chi connectivity index (χ2v) is 3.75. The minimum atomic E-state index is 0.577. The Morgan fingerprint density at radius 3 is 2.23 bits per heavy atom. The molecule has 0 atom stereocenters. The van der Waals surface area contributed by atoms with Crippen LogP contribution in [0.4, 0.5) is 0 Å². The third-order valence-electron chi connectivity index (χ3n) is 1.38. The van der Waals surface area contributed by atoms with Gasteiger partial charge in [0.15, 0.2) is 0 Å². The molecule has 0 bridgehead atoms.